The number of rotatable bonds is 5. The predicted octanol–water partition coefficient (Wildman–Crippen LogP) is 2.12. The van der Waals surface area contributed by atoms with E-state index in [9.17, 15) is 13.2 Å². The van der Waals surface area contributed by atoms with Crippen molar-refractivity contribution in [2.75, 3.05) is 19.7 Å². The van der Waals surface area contributed by atoms with E-state index in [0.29, 0.717) is 38.2 Å². The molecule has 3 rings (SSSR count). The first-order chi connectivity index (χ1) is 13.4. The second-order valence-electron chi connectivity index (χ2n) is 6.91. The van der Waals surface area contributed by atoms with Crippen molar-refractivity contribution < 1.29 is 17.9 Å². The second kappa shape index (κ2) is 8.81. The molecule has 0 spiro atoms. The smallest absolute Gasteiger partial charge is 0.251 e. The molecule has 0 radical (unpaired) electrons. The van der Waals surface area contributed by atoms with Gasteiger partial charge in [0.05, 0.1) is 11.0 Å². The van der Waals surface area contributed by atoms with Crippen LogP contribution in [-0.2, 0) is 21.3 Å². The summed E-state index contributed by atoms with van der Waals surface area (Å²) in [5, 5.41) is 2.82. The summed E-state index contributed by atoms with van der Waals surface area (Å²) in [5.74, 6) is -0.320. The van der Waals surface area contributed by atoms with Crippen molar-refractivity contribution >= 4 is 15.9 Å². The Morgan fingerprint density at radius 2 is 2.14 bits per heavy atom. The lowest BCUT2D eigenvalue weighted by Gasteiger charge is -2.22. The Labute approximate surface area is 165 Å². The van der Waals surface area contributed by atoms with Crippen LogP contribution >= 0.6 is 0 Å². The van der Waals surface area contributed by atoms with Crippen LogP contribution in [0.3, 0.4) is 0 Å². The van der Waals surface area contributed by atoms with E-state index in [1.165, 1.54) is 16.4 Å². The molecule has 1 aromatic heterocycles. The normalized spacial score (nSPS) is 18.4. The van der Waals surface area contributed by atoms with Crippen molar-refractivity contribution in [2.45, 2.75) is 37.8 Å². The van der Waals surface area contributed by atoms with E-state index >= 15 is 0 Å². The standard InChI is InChI=1S/C20H25N3O4S/c1-15-11-17(7-8-21-15)13-22-20(24)18-5-3-6-19(12-18)28(25,26)23-9-4-10-27-16(2)14-23/h3,5-8,11-12,16H,4,9-10,13-14H2,1-2H3,(H,22,24)/t16-/m1/s1. The van der Waals surface area contributed by atoms with Crippen molar-refractivity contribution in [1.29, 1.82) is 0 Å². The first-order valence-electron chi connectivity index (χ1n) is 9.28. The number of benzene rings is 1. The SMILES string of the molecule is Cc1cc(CNC(=O)c2cccc(S(=O)(=O)N3CCCO[C@H](C)C3)c2)ccn1. The van der Waals surface area contributed by atoms with E-state index in [0.717, 1.165) is 11.3 Å². The van der Waals surface area contributed by atoms with Gasteiger partial charge in [-0.15, -0.1) is 0 Å². The van der Waals surface area contributed by atoms with E-state index in [4.69, 9.17) is 4.74 Å². The lowest BCUT2D eigenvalue weighted by molar-refractivity contribution is 0.0752. The molecule has 0 saturated carbocycles. The minimum Gasteiger partial charge on any atom is -0.377 e. The highest BCUT2D eigenvalue weighted by molar-refractivity contribution is 7.89. The van der Waals surface area contributed by atoms with Crippen molar-refractivity contribution in [3.8, 4) is 0 Å². The molecule has 2 heterocycles. The molecule has 0 bridgehead atoms. The van der Waals surface area contributed by atoms with Crippen LogP contribution in [0.1, 0.15) is 35.0 Å². The highest BCUT2D eigenvalue weighted by atomic mass is 32.2. The van der Waals surface area contributed by atoms with Gasteiger partial charge in [-0.05, 0) is 56.2 Å². The number of carbonyl (C=O) groups excluding carboxylic acids is 1. The number of carbonyl (C=O) groups is 1. The maximum Gasteiger partial charge on any atom is 0.251 e. The third-order valence-electron chi connectivity index (χ3n) is 4.56. The quantitative estimate of drug-likeness (QED) is 0.826. The molecule has 1 N–H and O–H groups in total. The lowest BCUT2D eigenvalue weighted by Crippen LogP contribution is -2.36. The molecule has 28 heavy (non-hydrogen) atoms. The Morgan fingerprint density at radius 1 is 1.32 bits per heavy atom. The molecular weight excluding hydrogens is 378 g/mol. The number of hydrogen-bond donors (Lipinski definition) is 1. The Morgan fingerprint density at radius 3 is 2.93 bits per heavy atom. The number of amides is 1. The number of hydrogen-bond acceptors (Lipinski definition) is 5. The average Bonchev–Trinajstić information content (AvgIpc) is 2.91. The molecule has 2 aromatic rings. The van der Waals surface area contributed by atoms with Gasteiger partial charge in [-0.1, -0.05) is 6.07 Å². The third-order valence-corrected chi connectivity index (χ3v) is 6.42. The van der Waals surface area contributed by atoms with Gasteiger partial charge in [-0.3, -0.25) is 9.78 Å². The number of aromatic nitrogens is 1. The fourth-order valence-electron chi connectivity index (χ4n) is 3.12. The fraction of sp³-hybridized carbons (Fsp3) is 0.400. The Kier molecular flexibility index (Phi) is 6.43. The molecule has 0 unspecified atom stereocenters. The minimum atomic E-state index is -3.68. The van der Waals surface area contributed by atoms with Crippen molar-refractivity contribution in [1.82, 2.24) is 14.6 Å². The Hall–Kier alpha value is -2.29. The molecule has 1 aliphatic rings. The van der Waals surface area contributed by atoms with Crippen LogP contribution in [0.25, 0.3) is 0 Å². The van der Waals surface area contributed by atoms with Gasteiger partial charge in [-0.25, -0.2) is 8.42 Å². The summed E-state index contributed by atoms with van der Waals surface area (Å²) < 4.78 is 33.0. The molecule has 0 aliphatic carbocycles. The van der Waals surface area contributed by atoms with Gasteiger partial charge in [-0.2, -0.15) is 4.31 Å². The van der Waals surface area contributed by atoms with E-state index < -0.39 is 10.0 Å². The molecule has 7 nitrogen and oxygen atoms in total. The lowest BCUT2D eigenvalue weighted by atomic mass is 10.2. The number of nitrogens with zero attached hydrogens (tertiary/aromatic N) is 2. The molecule has 1 amide bonds. The molecule has 1 saturated heterocycles. The van der Waals surface area contributed by atoms with E-state index in [-0.39, 0.29) is 16.9 Å². The van der Waals surface area contributed by atoms with E-state index in [2.05, 4.69) is 10.3 Å². The Balaban J connectivity index is 1.74. The fourth-order valence-corrected chi connectivity index (χ4v) is 4.72. The summed E-state index contributed by atoms with van der Waals surface area (Å²) in [4.78, 5) is 16.8. The van der Waals surface area contributed by atoms with Gasteiger partial charge in [0, 0.05) is 43.7 Å². The zero-order valence-electron chi connectivity index (χ0n) is 16.1. The van der Waals surface area contributed by atoms with Crippen LogP contribution < -0.4 is 5.32 Å². The molecule has 1 aliphatic heterocycles. The maximum absolute atomic E-state index is 13.0. The van der Waals surface area contributed by atoms with Gasteiger partial charge < -0.3 is 10.1 Å². The van der Waals surface area contributed by atoms with Crippen LogP contribution in [0.15, 0.2) is 47.5 Å². The first kappa shape index (κ1) is 20.4. The maximum atomic E-state index is 13.0. The average molecular weight is 404 g/mol. The second-order valence-corrected chi connectivity index (χ2v) is 8.85. The van der Waals surface area contributed by atoms with Gasteiger partial charge >= 0.3 is 0 Å². The number of pyridine rings is 1. The van der Waals surface area contributed by atoms with Crippen LogP contribution in [0.4, 0.5) is 0 Å². The molecule has 8 heteroatoms. The van der Waals surface area contributed by atoms with E-state index in [1.807, 2.05) is 26.0 Å². The van der Waals surface area contributed by atoms with Gasteiger partial charge in [0.15, 0.2) is 0 Å². The van der Waals surface area contributed by atoms with Crippen molar-refractivity contribution in [3.63, 3.8) is 0 Å². The number of nitrogens with one attached hydrogen (secondary N) is 1. The highest BCUT2D eigenvalue weighted by Crippen LogP contribution is 2.20. The summed E-state index contributed by atoms with van der Waals surface area (Å²) in [6.45, 7) is 5.35. The van der Waals surface area contributed by atoms with Gasteiger partial charge in [0.25, 0.3) is 5.91 Å². The molecule has 1 atom stereocenters. The molecular formula is C20H25N3O4S. The summed E-state index contributed by atoms with van der Waals surface area (Å²) in [6.07, 6.45) is 2.18. The van der Waals surface area contributed by atoms with Crippen LogP contribution in [0.5, 0.6) is 0 Å². The summed E-state index contributed by atoms with van der Waals surface area (Å²) >= 11 is 0. The van der Waals surface area contributed by atoms with Crippen molar-refractivity contribution in [3.05, 3.63) is 59.4 Å². The third kappa shape index (κ3) is 4.95. The largest absolute Gasteiger partial charge is 0.377 e. The van der Waals surface area contributed by atoms with Gasteiger partial charge in [0.2, 0.25) is 10.0 Å². The predicted molar refractivity (Wildman–Crippen MR) is 105 cm³/mol. The zero-order valence-corrected chi connectivity index (χ0v) is 16.9. The summed E-state index contributed by atoms with van der Waals surface area (Å²) in [5.41, 5.74) is 2.12. The van der Waals surface area contributed by atoms with Crippen LogP contribution in [0.2, 0.25) is 0 Å². The van der Waals surface area contributed by atoms with Crippen molar-refractivity contribution in [2.24, 2.45) is 0 Å². The molecule has 1 fully saturated rings. The number of sulfonamides is 1. The topological polar surface area (TPSA) is 88.6 Å². The molecule has 150 valence electrons. The van der Waals surface area contributed by atoms with E-state index in [1.54, 1.807) is 18.3 Å². The number of ether oxygens (including phenoxy) is 1. The minimum absolute atomic E-state index is 0.119. The summed E-state index contributed by atoms with van der Waals surface area (Å²) in [6, 6.07) is 9.88. The Bertz CT molecular complexity index is 946. The van der Waals surface area contributed by atoms with Crippen LogP contribution in [0, 0.1) is 6.92 Å². The van der Waals surface area contributed by atoms with Crippen LogP contribution in [-0.4, -0.2) is 49.4 Å². The highest BCUT2D eigenvalue weighted by Gasteiger charge is 2.28. The monoisotopic (exact) mass is 403 g/mol. The summed E-state index contributed by atoms with van der Waals surface area (Å²) in [7, 11) is -3.68. The number of aryl methyl sites for hydroxylation is 1. The molecule has 1 aromatic carbocycles. The first-order valence-corrected chi connectivity index (χ1v) is 10.7. The zero-order chi connectivity index (χ0) is 20.1. The van der Waals surface area contributed by atoms with Gasteiger partial charge in [0.1, 0.15) is 0 Å².